The van der Waals surface area contributed by atoms with Gasteiger partial charge in [-0.15, -0.1) is 0 Å². The molecule has 0 saturated carbocycles. The van der Waals surface area contributed by atoms with Crippen LogP contribution in [0.1, 0.15) is 48.5 Å². The Morgan fingerprint density at radius 3 is 2.24 bits per heavy atom. The lowest BCUT2D eigenvalue weighted by Gasteiger charge is -2.21. The molecule has 1 saturated heterocycles. The molecule has 0 spiro atoms. The van der Waals surface area contributed by atoms with Crippen molar-refractivity contribution in [2.45, 2.75) is 45.7 Å². The molecular weight excluding hydrogens is 414 g/mol. The highest BCUT2D eigenvalue weighted by atomic mass is 16.2. The molecule has 2 amide bonds. The van der Waals surface area contributed by atoms with E-state index in [-0.39, 0.29) is 12.5 Å². The minimum Gasteiger partial charge on any atom is -0.341 e. The van der Waals surface area contributed by atoms with Crippen LogP contribution in [0.4, 0.5) is 0 Å². The average molecular weight is 446 g/mol. The number of Topliss-reactive ketones (excluding diaryl/α,β-unsaturated/α-hetero) is 1. The molecule has 1 fully saturated rings. The number of rotatable bonds is 7. The van der Waals surface area contributed by atoms with Gasteiger partial charge >= 0.3 is 0 Å². The van der Waals surface area contributed by atoms with Gasteiger partial charge in [0.05, 0.1) is 5.56 Å². The highest BCUT2D eigenvalue weighted by molar-refractivity contribution is 6.44. The first kappa shape index (κ1) is 22.8. The van der Waals surface area contributed by atoms with Crippen LogP contribution in [0.25, 0.3) is 10.9 Å². The summed E-state index contributed by atoms with van der Waals surface area (Å²) in [5.41, 5.74) is 2.12. The summed E-state index contributed by atoms with van der Waals surface area (Å²) in [7, 11) is 0. The number of para-hydroxylation sites is 1. The highest BCUT2D eigenvalue weighted by Crippen LogP contribution is 2.23. The van der Waals surface area contributed by atoms with Gasteiger partial charge in [-0.05, 0) is 31.4 Å². The zero-order valence-corrected chi connectivity index (χ0v) is 19.2. The van der Waals surface area contributed by atoms with Crippen molar-refractivity contribution in [2.75, 3.05) is 19.6 Å². The van der Waals surface area contributed by atoms with Crippen LogP contribution in [0.15, 0.2) is 60.8 Å². The molecule has 33 heavy (non-hydrogen) atoms. The van der Waals surface area contributed by atoms with Crippen LogP contribution in [-0.4, -0.2) is 51.6 Å². The summed E-state index contributed by atoms with van der Waals surface area (Å²) in [6.07, 6.45) is 6.06. The van der Waals surface area contributed by atoms with E-state index in [0.717, 1.165) is 49.9 Å². The Labute approximate surface area is 194 Å². The van der Waals surface area contributed by atoms with Gasteiger partial charge in [0.1, 0.15) is 6.54 Å². The molecule has 6 heteroatoms. The summed E-state index contributed by atoms with van der Waals surface area (Å²) in [5.74, 6) is -1.00. The van der Waals surface area contributed by atoms with Crippen LogP contribution in [0.3, 0.4) is 0 Å². The number of carbonyl (C=O) groups is 3. The maximum absolute atomic E-state index is 13.3. The van der Waals surface area contributed by atoms with Crippen molar-refractivity contribution < 1.29 is 14.4 Å². The largest absolute Gasteiger partial charge is 0.341 e. The predicted molar refractivity (Wildman–Crippen MR) is 129 cm³/mol. The van der Waals surface area contributed by atoms with E-state index >= 15 is 0 Å². The van der Waals surface area contributed by atoms with Gasteiger partial charge in [-0.2, -0.15) is 0 Å². The molecule has 6 nitrogen and oxygen atoms in total. The minimum atomic E-state index is -0.537. The second-order valence-electron chi connectivity index (χ2n) is 8.62. The van der Waals surface area contributed by atoms with Crippen LogP contribution in [0.2, 0.25) is 0 Å². The Balaban J connectivity index is 1.57. The first-order chi connectivity index (χ1) is 16.1. The van der Waals surface area contributed by atoms with E-state index in [2.05, 4.69) is 0 Å². The summed E-state index contributed by atoms with van der Waals surface area (Å²) in [4.78, 5) is 42.9. The molecule has 0 aliphatic carbocycles. The molecule has 1 aromatic heterocycles. The first-order valence-electron chi connectivity index (χ1n) is 11.8. The normalized spacial score (nSPS) is 14.2. The summed E-state index contributed by atoms with van der Waals surface area (Å²) >= 11 is 0. The number of aromatic nitrogens is 1. The molecule has 4 rings (SSSR count). The lowest BCUT2D eigenvalue weighted by atomic mass is 10.1. The second-order valence-corrected chi connectivity index (χ2v) is 8.62. The molecular formula is C27H31N3O3. The lowest BCUT2D eigenvalue weighted by molar-refractivity contribution is -0.131. The molecule has 1 aliphatic heterocycles. The van der Waals surface area contributed by atoms with Gasteiger partial charge in [0.2, 0.25) is 5.91 Å². The third kappa shape index (κ3) is 5.16. The molecule has 2 aromatic carbocycles. The van der Waals surface area contributed by atoms with Crippen molar-refractivity contribution >= 4 is 28.5 Å². The van der Waals surface area contributed by atoms with E-state index in [1.54, 1.807) is 11.1 Å². The van der Waals surface area contributed by atoms with Crippen LogP contribution in [-0.2, 0) is 22.7 Å². The standard InChI is InChI=1S/C27H31N3O3/c1-2-28(18-21-12-6-5-7-13-21)27(33)26(32)23-19-30(24-15-9-8-14-22(23)24)20-25(31)29-16-10-3-4-11-17-29/h5-9,12-15,19H,2-4,10-11,16-18,20H2,1H3. The number of carbonyl (C=O) groups excluding carboxylic acids is 3. The van der Waals surface area contributed by atoms with E-state index in [4.69, 9.17) is 0 Å². The van der Waals surface area contributed by atoms with Gasteiger partial charge < -0.3 is 14.4 Å². The number of hydrogen-bond acceptors (Lipinski definition) is 3. The average Bonchev–Trinajstić information content (AvgIpc) is 3.01. The second kappa shape index (κ2) is 10.5. The van der Waals surface area contributed by atoms with E-state index in [0.29, 0.717) is 24.0 Å². The Morgan fingerprint density at radius 1 is 0.879 bits per heavy atom. The molecule has 1 aliphatic rings. The number of likely N-dealkylation sites (tertiary alicyclic amines) is 1. The van der Waals surface area contributed by atoms with Crippen LogP contribution in [0.5, 0.6) is 0 Å². The minimum absolute atomic E-state index is 0.0576. The van der Waals surface area contributed by atoms with Gasteiger partial charge in [0.25, 0.3) is 11.7 Å². The van der Waals surface area contributed by atoms with Gasteiger partial charge in [0, 0.05) is 43.3 Å². The van der Waals surface area contributed by atoms with Gasteiger partial charge in [-0.25, -0.2) is 0 Å². The SMILES string of the molecule is CCN(Cc1ccccc1)C(=O)C(=O)c1cn(CC(=O)N2CCCCCC2)c2ccccc12. The van der Waals surface area contributed by atoms with Crippen LogP contribution in [0, 0.1) is 0 Å². The van der Waals surface area contributed by atoms with Crippen molar-refractivity contribution in [3.8, 4) is 0 Å². The number of hydrogen-bond donors (Lipinski definition) is 0. The number of fused-ring (bicyclic) bond motifs is 1. The summed E-state index contributed by atoms with van der Waals surface area (Å²) in [5, 5.41) is 0.704. The number of amides is 2. The third-order valence-corrected chi connectivity index (χ3v) is 6.38. The highest BCUT2D eigenvalue weighted by Gasteiger charge is 2.26. The number of benzene rings is 2. The molecule has 0 atom stereocenters. The Bertz CT molecular complexity index is 1130. The molecule has 3 aromatic rings. The lowest BCUT2D eigenvalue weighted by Crippen LogP contribution is -2.36. The maximum atomic E-state index is 13.3. The summed E-state index contributed by atoms with van der Waals surface area (Å²) < 4.78 is 1.82. The molecule has 172 valence electrons. The number of nitrogens with zero attached hydrogens (tertiary/aromatic N) is 3. The topological polar surface area (TPSA) is 62.6 Å². The van der Waals surface area contributed by atoms with E-state index in [1.807, 2.05) is 71.0 Å². The Kier molecular flexibility index (Phi) is 7.23. The van der Waals surface area contributed by atoms with Gasteiger partial charge in [-0.1, -0.05) is 61.4 Å². The molecule has 0 N–H and O–H groups in total. The van der Waals surface area contributed by atoms with E-state index in [1.165, 1.54) is 0 Å². The maximum Gasteiger partial charge on any atom is 0.295 e. The van der Waals surface area contributed by atoms with E-state index in [9.17, 15) is 14.4 Å². The first-order valence-corrected chi connectivity index (χ1v) is 11.8. The van der Waals surface area contributed by atoms with Crippen molar-refractivity contribution in [2.24, 2.45) is 0 Å². The molecule has 0 unspecified atom stereocenters. The van der Waals surface area contributed by atoms with Gasteiger partial charge in [0.15, 0.2) is 0 Å². The van der Waals surface area contributed by atoms with Crippen molar-refractivity contribution in [3.63, 3.8) is 0 Å². The number of likely N-dealkylation sites (N-methyl/N-ethyl adjacent to an activating group) is 1. The number of ketones is 1. The molecule has 0 radical (unpaired) electrons. The summed E-state index contributed by atoms with van der Waals surface area (Å²) in [6, 6.07) is 17.1. The van der Waals surface area contributed by atoms with Gasteiger partial charge in [-0.3, -0.25) is 14.4 Å². The quantitative estimate of drug-likeness (QED) is 0.403. The fourth-order valence-corrected chi connectivity index (χ4v) is 4.51. The fraction of sp³-hybridized carbons (Fsp3) is 0.370. The smallest absolute Gasteiger partial charge is 0.295 e. The third-order valence-electron chi connectivity index (χ3n) is 6.38. The molecule has 2 heterocycles. The monoisotopic (exact) mass is 445 g/mol. The van der Waals surface area contributed by atoms with Crippen LogP contribution >= 0.6 is 0 Å². The fourth-order valence-electron chi connectivity index (χ4n) is 4.51. The molecule has 0 bridgehead atoms. The van der Waals surface area contributed by atoms with Crippen LogP contribution < -0.4 is 0 Å². The zero-order chi connectivity index (χ0) is 23.2. The van der Waals surface area contributed by atoms with E-state index < -0.39 is 11.7 Å². The van der Waals surface area contributed by atoms with Crippen molar-refractivity contribution in [3.05, 3.63) is 71.9 Å². The Morgan fingerprint density at radius 2 is 1.55 bits per heavy atom. The summed E-state index contributed by atoms with van der Waals surface area (Å²) in [6.45, 7) is 4.43. The zero-order valence-electron chi connectivity index (χ0n) is 19.2. The van der Waals surface area contributed by atoms with Crippen molar-refractivity contribution in [1.82, 2.24) is 14.4 Å². The van der Waals surface area contributed by atoms with Crippen molar-refractivity contribution in [1.29, 1.82) is 0 Å². The Hall–Kier alpha value is -3.41. The predicted octanol–water partition coefficient (Wildman–Crippen LogP) is 4.28.